The molecule has 1 rings (SSSR count). The van der Waals surface area contributed by atoms with Crippen molar-refractivity contribution < 1.29 is 9.18 Å². The summed E-state index contributed by atoms with van der Waals surface area (Å²) in [6.07, 6.45) is 0. The summed E-state index contributed by atoms with van der Waals surface area (Å²) in [4.78, 5) is 10.6. The molecule has 0 N–H and O–H groups in total. The molecule has 0 bridgehead atoms. The van der Waals surface area contributed by atoms with Gasteiger partial charge in [-0.05, 0) is 0 Å². The van der Waals surface area contributed by atoms with Gasteiger partial charge in [-0.25, -0.2) is 0 Å². The fourth-order valence-corrected chi connectivity index (χ4v) is 2.18. The Balaban J connectivity index is 2.53. The van der Waals surface area contributed by atoms with Crippen LogP contribution in [0, 0.1) is 5.82 Å². The molecule has 1 nitrogen and oxygen atoms in total. The van der Waals surface area contributed by atoms with Crippen LogP contribution in [0.1, 0.15) is 6.92 Å². The predicted molar refractivity (Wildman–Crippen MR) is 47.3 cm³/mol. The normalized spacial score (nSPS) is 9.83. The zero-order chi connectivity index (χ0) is 8.97. The molecule has 1 aromatic carbocycles. The summed E-state index contributed by atoms with van der Waals surface area (Å²) in [6, 6.07) is 6.32. The maximum atomic E-state index is 12.4. The Morgan fingerprint density at radius 3 is 2.50 bits per heavy atom. The van der Waals surface area contributed by atoms with Gasteiger partial charge in [-0.3, -0.25) is 0 Å². The van der Waals surface area contributed by atoms with Crippen molar-refractivity contribution in [3.63, 3.8) is 0 Å². The van der Waals surface area contributed by atoms with Gasteiger partial charge in [0.05, 0.1) is 0 Å². The van der Waals surface area contributed by atoms with E-state index >= 15 is 0 Å². The van der Waals surface area contributed by atoms with Gasteiger partial charge in [0.1, 0.15) is 0 Å². The summed E-state index contributed by atoms with van der Waals surface area (Å²) < 4.78 is 13.5. The van der Waals surface area contributed by atoms with Gasteiger partial charge in [0.2, 0.25) is 0 Å². The third kappa shape index (κ3) is 3.16. The second-order valence-electron chi connectivity index (χ2n) is 2.44. The van der Waals surface area contributed by atoms with Crippen LogP contribution in [0.15, 0.2) is 24.3 Å². The number of ketones is 1. The van der Waals surface area contributed by atoms with Crippen molar-refractivity contribution >= 4 is 25.2 Å². The zero-order valence-electron chi connectivity index (χ0n) is 6.71. The van der Waals surface area contributed by atoms with Crippen molar-refractivity contribution in [3.05, 3.63) is 30.1 Å². The van der Waals surface area contributed by atoms with Gasteiger partial charge in [0, 0.05) is 0 Å². The van der Waals surface area contributed by atoms with Crippen molar-refractivity contribution in [1.82, 2.24) is 0 Å². The number of Topliss-reactive ketones (excluding diaryl/α,β-unsaturated/α-hetero) is 1. The quantitative estimate of drug-likeness (QED) is 0.713. The molecule has 0 aromatic heterocycles. The Morgan fingerprint density at radius 1 is 1.42 bits per heavy atom. The number of carbonyl (C=O) groups is 1. The van der Waals surface area contributed by atoms with Crippen LogP contribution in [0.4, 0.5) is 4.39 Å². The molecule has 0 aliphatic heterocycles. The second kappa shape index (κ2) is 4.39. The number of halogens is 1. The molecule has 12 heavy (non-hydrogen) atoms. The van der Waals surface area contributed by atoms with Crippen molar-refractivity contribution in [3.8, 4) is 0 Å². The SMILES string of the molecule is CC(=O)C[Se]c1ccc(F)cc1. The third-order valence-electron chi connectivity index (χ3n) is 1.26. The molecule has 0 saturated carbocycles. The van der Waals surface area contributed by atoms with Gasteiger partial charge in [-0.1, -0.05) is 0 Å². The molecule has 64 valence electrons. The van der Waals surface area contributed by atoms with E-state index < -0.39 is 0 Å². The van der Waals surface area contributed by atoms with Gasteiger partial charge >= 0.3 is 76.7 Å². The number of hydrogen-bond acceptors (Lipinski definition) is 1. The number of carbonyl (C=O) groups excluding carboxylic acids is 1. The molecule has 1 aromatic rings. The van der Waals surface area contributed by atoms with E-state index in [9.17, 15) is 9.18 Å². The van der Waals surface area contributed by atoms with E-state index in [4.69, 9.17) is 0 Å². The van der Waals surface area contributed by atoms with Crippen LogP contribution in [0.25, 0.3) is 0 Å². The van der Waals surface area contributed by atoms with E-state index in [1.165, 1.54) is 12.1 Å². The van der Waals surface area contributed by atoms with Crippen LogP contribution >= 0.6 is 0 Å². The minimum absolute atomic E-state index is 0.166. The van der Waals surface area contributed by atoms with Gasteiger partial charge in [-0.15, -0.1) is 0 Å². The summed E-state index contributed by atoms with van der Waals surface area (Å²) in [5, 5.41) is 0.596. The van der Waals surface area contributed by atoms with Crippen molar-refractivity contribution in [2.75, 3.05) is 0 Å². The first-order valence-electron chi connectivity index (χ1n) is 3.56. The van der Waals surface area contributed by atoms with E-state index in [0.29, 0.717) is 5.32 Å². The van der Waals surface area contributed by atoms with Gasteiger partial charge in [-0.2, -0.15) is 0 Å². The zero-order valence-corrected chi connectivity index (χ0v) is 8.42. The van der Waals surface area contributed by atoms with Crippen LogP contribution in [-0.2, 0) is 4.79 Å². The summed E-state index contributed by atoms with van der Waals surface area (Å²) in [6.45, 7) is 1.57. The average Bonchev–Trinajstić information content (AvgIpc) is 2.03. The Hall–Kier alpha value is -0.661. The molecule has 0 heterocycles. The van der Waals surface area contributed by atoms with Crippen molar-refractivity contribution in [1.29, 1.82) is 0 Å². The number of benzene rings is 1. The third-order valence-corrected chi connectivity index (χ3v) is 3.68. The molecule has 0 aliphatic carbocycles. The molecular formula is C9H9FOSe. The fourth-order valence-electron chi connectivity index (χ4n) is 0.716. The van der Waals surface area contributed by atoms with E-state index in [1.807, 2.05) is 0 Å². The first kappa shape index (κ1) is 9.43. The summed E-state index contributed by atoms with van der Waals surface area (Å²) >= 11 is 0.166. The molecule has 3 heteroatoms. The first-order valence-corrected chi connectivity index (χ1v) is 5.63. The molecule has 0 fully saturated rings. The molecule has 0 saturated heterocycles. The monoisotopic (exact) mass is 232 g/mol. The number of rotatable bonds is 3. The molecule has 0 atom stereocenters. The Labute approximate surface area is 77.1 Å². The summed E-state index contributed by atoms with van der Waals surface area (Å²) in [7, 11) is 0. The van der Waals surface area contributed by atoms with E-state index in [1.54, 1.807) is 19.1 Å². The van der Waals surface area contributed by atoms with Crippen molar-refractivity contribution in [2.45, 2.75) is 12.2 Å². The molecule has 0 spiro atoms. The van der Waals surface area contributed by atoms with Crippen LogP contribution in [0.3, 0.4) is 0 Å². The second-order valence-corrected chi connectivity index (χ2v) is 4.64. The molecule has 0 amide bonds. The predicted octanol–water partition coefficient (Wildman–Crippen LogP) is 1.16. The first-order chi connectivity index (χ1) is 5.68. The van der Waals surface area contributed by atoms with Crippen LogP contribution in [-0.4, -0.2) is 20.7 Å². The van der Waals surface area contributed by atoms with Gasteiger partial charge in [0.25, 0.3) is 0 Å². The summed E-state index contributed by atoms with van der Waals surface area (Å²) in [5.41, 5.74) is 0. The fraction of sp³-hybridized carbons (Fsp3) is 0.222. The van der Waals surface area contributed by atoms with E-state index in [-0.39, 0.29) is 26.6 Å². The summed E-state index contributed by atoms with van der Waals surface area (Å²) in [5.74, 6) is -0.0308. The van der Waals surface area contributed by atoms with Crippen LogP contribution in [0.5, 0.6) is 0 Å². The Bertz CT molecular complexity index is 268. The van der Waals surface area contributed by atoms with Crippen molar-refractivity contribution in [2.24, 2.45) is 0 Å². The molecule has 0 radical (unpaired) electrons. The Morgan fingerprint density at radius 2 is 2.00 bits per heavy atom. The Kier molecular flexibility index (Phi) is 3.45. The topological polar surface area (TPSA) is 17.1 Å². The number of hydrogen-bond donors (Lipinski definition) is 0. The average molecular weight is 231 g/mol. The maximum absolute atomic E-state index is 12.4. The molecule has 0 unspecified atom stereocenters. The molecule has 0 aliphatic rings. The van der Waals surface area contributed by atoms with E-state index in [0.717, 1.165) is 4.46 Å². The van der Waals surface area contributed by atoms with Crippen LogP contribution < -0.4 is 4.46 Å². The van der Waals surface area contributed by atoms with Gasteiger partial charge < -0.3 is 0 Å². The molecular weight excluding hydrogens is 222 g/mol. The minimum atomic E-state index is -0.225. The van der Waals surface area contributed by atoms with Crippen LogP contribution in [0.2, 0.25) is 5.32 Å². The van der Waals surface area contributed by atoms with Gasteiger partial charge in [0.15, 0.2) is 0 Å². The van der Waals surface area contributed by atoms with E-state index in [2.05, 4.69) is 0 Å². The standard InChI is InChI=1S/C9H9FOSe/c1-7(11)6-12-9-4-2-8(10)3-5-9/h2-5H,6H2,1H3.